The fraction of sp³-hybridized carbons (Fsp3) is 0.400. The number of amides is 1. The van der Waals surface area contributed by atoms with Crippen molar-refractivity contribution in [3.05, 3.63) is 36.0 Å². The Morgan fingerprint density at radius 1 is 1.42 bits per heavy atom. The molecule has 0 saturated carbocycles. The molecule has 4 nitrogen and oxygen atoms in total. The average Bonchev–Trinajstić information content (AvgIpc) is 2.74. The molecule has 2 rings (SSSR count). The zero-order valence-electron chi connectivity index (χ0n) is 11.6. The van der Waals surface area contributed by atoms with Gasteiger partial charge in [-0.05, 0) is 19.4 Å². The van der Waals surface area contributed by atoms with Crippen molar-refractivity contribution in [3.8, 4) is 0 Å². The third-order valence-electron chi connectivity index (χ3n) is 3.53. The van der Waals surface area contributed by atoms with Crippen LogP contribution in [0.4, 0.5) is 0 Å². The van der Waals surface area contributed by atoms with Gasteiger partial charge in [0.15, 0.2) is 0 Å². The van der Waals surface area contributed by atoms with Crippen molar-refractivity contribution in [1.82, 2.24) is 9.88 Å². The van der Waals surface area contributed by atoms with Crippen molar-refractivity contribution >= 4 is 16.8 Å². The summed E-state index contributed by atoms with van der Waals surface area (Å²) >= 11 is 0. The predicted molar refractivity (Wildman–Crippen MR) is 76.2 cm³/mol. The Labute approximate surface area is 113 Å². The minimum atomic E-state index is -0.861. The lowest BCUT2D eigenvalue weighted by molar-refractivity contribution is 0.0519. The molecule has 1 heterocycles. The summed E-state index contributed by atoms with van der Waals surface area (Å²) < 4.78 is 1.93. The number of fused-ring (bicyclic) bond motifs is 1. The maximum atomic E-state index is 12.2. The number of nitrogens with one attached hydrogen (secondary N) is 1. The van der Waals surface area contributed by atoms with E-state index in [1.54, 1.807) is 6.92 Å². The van der Waals surface area contributed by atoms with E-state index in [2.05, 4.69) is 5.32 Å². The molecule has 0 aliphatic rings. The van der Waals surface area contributed by atoms with Crippen LogP contribution in [-0.2, 0) is 7.05 Å². The first-order valence-corrected chi connectivity index (χ1v) is 6.49. The third kappa shape index (κ3) is 2.79. The molecule has 1 atom stereocenters. The number of hydrogen-bond acceptors (Lipinski definition) is 2. The van der Waals surface area contributed by atoms with Gasteiger partial charge < -0.3 is 15.0 Å². The Bertz CT molecular complexity index is 599. The Hall–Kier alpha value is -1.81. The summed E-state index contributed by atoms with van der Waals surface area (Å²) in [5, 5.41) is 13.6. The van der Waals surface area contributed by atoms with Gasteiger partial charge in [0.2, 0.25) is 0 Å². The molecular weight excluding hydrogens is 240 g/mol. The van der Waals surface area contributed by atoms with Gasteiger partial charge in [-0.25, -0.2) is 0 Å². The summed E-state index contributed by atoms with van der Waals surface area (Å²) in [6.45, 7) is 3.87. The zero-order chi connectivity index (χ0) is 14.0. The van der Waals surface area contributed by atoms with Crippen molar-refractivity contribution in [3.63, 3.8) is 0 Å². The normalized spacial score (nSPS) is 14.3. The van der Waals surface area contributed by atoms with E-state index in [4.69, 9.17) is 0 Å². The SMILES string of the molecule is CCC(C)(O)CNC(=O)c1cn(C)c2ccccc12. The fourth-order valence-electron chi connectivity index (χ4n) is 2.01. The molecule has 1 unspecified atom stereocenters. The Morgan fingerprint density at radius 3 is 2.79 bits per heavy atom. The largest absolute Gasteiger partial charge is 0.388 e. The van der Waals surface area contributed by atoms with Crippen LogP contribution in [0.3, 0.4) is 0 Å². The minimum absolute atomic E-state index is 0.148. The number of nitrogens with zero attached hydrogens (tertiary/aromatic N) is 1. The number of carbonyl (C=O) groups is 1. The lowest BCUT2D eigenvalue weighted by Gasteiger charge is -2.21. The van der Waals surface area contributed by atoms with Crippen molar-refractivity contribution in [2.24, 2.45) is 7.05 Å². The van der Waals surface area contributed by atoms with Crippen molar-refractivity contribution in [2.75, 3.05) is 6.54 Å². The van der Waals surface area contributed by atoms with E-state index in [1.165, 1.54) is 0 Å². The molecule has 0 spiro atoms. The van der Waals surface area contributed by atoms with Crippen molar-refractivity contribution in [2.45, 2.75) is 25.9 Å². The third-order valence-corrected chi connectivity index (χ3v) is 3.53. The quantitative estimate of drug-likeness (QED) is 0.884. The average molecular weight is 260 g/mol. The molecule has 2 aromatic rings. The van der Waals surface area contributed by atoms with Crippen LogP contribution in [0, 0.1) is 0 Å². The number of carbonyl (C=O) groups excluding carboxylic acids is 1. The monoisotopic (exact) mass is 260 g/mol. The number of para-hydroxylation sites is 1. The van der Waals surface area contributed by atoms with Gasteiger partial charge >= 0.3 is 0 Å². The second-order valence-electron chi connectivity index (χ2n) is 5.20. The molecule has 19 heavy (non-hydrogen) atoms. The summed E-state index contributed by atoms with van der Waals surface area (Å²) in [6.07, 6.45) is 2.42. The highest BCUT2D eigenvalue weighted by atomic mass is 16.3. The number of aryl methyl sites for hydroxylation is 1. The van der Waals surface area contributed by atoms with Gasteiger partial charge in [-0.1, -0.05) is 25.1 Å². The van der Waals surface area contributed by atoms with Crippen LogP contribution in [0.15, 0.2) is 30.5 Å². The van der Waals surface area contributed by atoms with Gasteiger partial charge in [-0.3, -0.25) is 4.79 Å². The zero-order valence-corrected chi connectivity index (χ0v) is 11.6. The van der Waals surface area contributed by atoms with Gasteiger partial charge in [0.25, 0.3) is 5.91 Å². The van der Waals surface area contributed by atoms with E-state index >= 15 is 0 Å². The molecule has 4 heteroatoms. The van der Waals surface area contributed by atoms with Crippen LogP contribution in [0.5, 0.6) is 0 Å². The molecular formula is C15H20N2O2. The summed E-state index contributed by atoms with van der Waals surface area (Å²) in [4.78, 5) is 12.2. The molecule has 2 N–H and O–H groups in total. The van der Waals surface area contributed by atoms with Gasteiger partial charge in [-0.2, -0.15) is 0 Å². The number of hydrogen-bond donors (Lipinski definition) is 2. The molecule has 0 radical (unpaired) electrons. The van der Waals surface area contributed by atoms with Crippen LogP contribution in [0.1, 0.15) is 30.6 Å². The van der Waals surface area contributed by atoms with E-state index < -0.39 is 5.60 Å². The highest BCUT2D eigenvalue weighted by molar-refractivity contribution is 6.06. The van der Waals surface area contributed by atoms with Crippen LogP contribution in [-0.4, -0.2) is 27.7 Å². The molecule has 102 valence electrons. The van der Waals surface area contributed by atoms with Crippen molar-refractivity contribution in [1.29, 1.82) is 0 Å². The van der Waals surface area contributed by atoms with Crippen molar-refractivity contribution < 1.29 is 9.90 Å². The highest BCUT2D eigenvalue weighted by Crippen LogP contribution is 2.20. The first-order chi connectivity index (χ1) is 8.94. The lowest BCUT2D eigenvalue weighted by atomic mass is 10.0. The van der Waals surface area contributed by atoms with Gasteiger partial charge in [0.1, 0.15) is 0 Å². The Balaban J connectivity index is 2.23. The molecule has 0 aliphatic heterocycles. The van der Waals surface area contributed by atoms with E-state index in [0.29, 0.717) is 12.0 Å². The van der Waals surface area contributed by atoms with E-state index in [9.17, 15) is 9.90 Å². The van der Waals surface area contributed by atoms with Gasteiger partial charge in [0.05, 0.1) is 11.2 Å². The summed E-state index contributed by atoms with van der Waals surface area (Å²) in [5.41, 5.74) is 0.806. The summed E-state index contributed by atoms with van der Waals surface area (Å²) in [5.74, 6) is -0.148. The molecule has 1 amide bonds. The summed E-state index contributed by atoms with van der Waals surface area (Å²) in [7, 11) is 1.92. The van der Waals surface area contributed by atoms with Crippen LogP contribution in [0.2, 0.25) is 0 Å². The molecule has 1 aromatic carbocycles. The molecule has 0 saturated heterocycles. The number of benzene rings is 1. The predicted octanol–water partition coefficient (Wildman–Crippen LogP) is 2.07. The number of aliphatic hydroxyl groups is 1. The van der Waals surface area contributed by atoms with Gasteiger partial charge in [-0.15, -0.1) is 0 Å². The molecule has 0 bridgehead atoms. The van der Waals surface area contributed by atoms with Gasteiger partial charge in [0, 0.05) is 30.7 Å². The molecule has 1 aromatic heterocycles. The molecule has 0 aliphatic carbocycles. The Morgan fingerprint density at radius 2 is 2.11 bits per heavy atom. The van der Waals surface area contributed by atoms with Crippen LogP contribution < -0.4 is 5.32 Å². The lowest BCUT2D eigenvalue weighted by Crippen LogP contribution is -2.40. The van der Waals surface area contributed by atoms with E-state index in [0.717, 1.165) is 10.9 Å². The maximum Gasteiger partial charge on any atom is 0.253 e. The van der Waals surface area contributed by atoms with E-state index in [1.807, 2.05) is 49.0 Å². The standard InChI is InChI=1S/C15H20N2O2/c1-4-15(2,19)10-16-14(18)12-9-17(3)13-8-6-5-7-11(12)13/h5-9,19H,4,10H2,1-3H3,(H,16,18). The first kappa shape index (κ1) is 13.6. The summed E-state index contributed by atoms with van der Waals surface area (Å²) in [6, 6.07) is 7.78. The Kier molecular flexibility index (Phi) is 3.62. The topological polar surface area (TPSA) is 54.3 Å². The number of rotatable bonds is 4. The molecule has 0 fully saturated rings. The second kappa shape index (κ2) is 5.05. The first-order valence-electron chi connectivity index (χ1n) is 6.49. The smallest absolute Gasteiger partial charge is 0.253 e. The van der Waals surface area contributed by atoms with Crippen LogP contribution in [0.25, 0.3) is 10.9 Å². The van der Waals surface area contributed by atoms with E-state index in [-0.39, 0.29) is 12.5 Å². The van der Waals surface area contributed by atoms with Crippen LogP contribution >= 0.6 is 0 Å². The number of aromatic nitrogens is 1. The highest BCUT2D eigenvalue weighted by Gasteiger charge is 2.20. The second-order valence-corrected chi connectivity index (χ2v) is 5.20. The minimum Gasteiger partial charge on any atom is -0.388 e. The fourth-order valence-corrected chi connectivity index (χ4v) is 2.01. The maximum absolute atomic E-state index is 12.2.